The highest BCUT2D eigenvalue weighted by molar-refractivity contribution is 4.83. The summed E-state index contributed by atoms with van der Waals surface area (Å²) in [4.78, 5) is 2.32. The minimum Gasteiger partial charge on any atom is -0.381 e. The quantitative estimate of drug-likeness (QED) is 0.718. The van der Waals surface area contributed by atoms with Crippen molar-refractivity contribution in [1.29, 1.82) is 0 Å². The summed E-state index contributed by atoms with van der Waals surface area (Å²) in [6.45, 7) is 6.70. The highest BCUT2D eigenvalue weighted by Gasteiger charge is 2.31. The fourth-order valence-electron chi connectivity index (χ4n) is 2.97. The summed E-state index contributed by atoms with van der Waals surface area (Å²) in [6.07, 6.45) is 3.80. The zero-order valence-electron chi connectivity index (χ0n) is 10.3. The lowest BCUT2D eigenvalue weighted by Gasteiger charge is -2.40. The lowest BCUT2D eigenvalue weighted by Crippen LogP contribution is -2.43. The maximum absolute atomic E-state index is 13.2. The van der Waals surface area contributed by atoms with Crippen molar-refractivity contribution in [2.75, 3.05) is 32.8 Å². The summed E-state index contributed by atoms with van der Waals surface area (Å²) < 4.78 is 18.6. The summed E-state index contributed by atoms with van der Waals surface area (Å²) in [5.41, 5.74) is 0. The van der Waals surface area contributed by atoms with E-state index in [1.54, 1.807) is 0 Å². The predicted octanol–water partition coefficient (Wildman–Crippen LogP) is 2.48. The molecule has 94 valence electrons. The smallest absolute Gasteiger partial charge is 0.113 e. The number of rotatable bonds is 5. The summed E-state index contributed by atoms with van der Waals surface area (Å²) in [5.74, 6) is 1.58. The molecule has 16 heavy (non-hydrogen) atoms. The second kappa shape index (κ2) is 5.97. The van der Waals surface area contributed by atoms with Crippen LogP contribution in [0.15, 0.2) is 0 Å². The number of hydrogen-bond donors (Lipinski definition) is 0. The molecule has 0 aromatic heterocycles. The molecule has 1 aliphatic carbocycles. The van der Waals surface area contributed by atoms with Crippen LogP contribution in [-0.2, 0) is 4.74 Å². The minimum absolute atomic E-state index is 0.576. The van der Waals surface area contributed by atoms with E-state index in [0.717, 1.165) is 51.0 Å². The van der Waals surface area contributed by atoms with Crippen molar-refractivity contribution >= 4 is 0 Å². The second-order valence-electron chi connectivity index (χ2n) is 5.36. The SMILES string of the molecule is CCOCC1CC(CN2CCCC(F)C2)C1. The first-order chi connectivity index (χ1) is 7.78. The van der Waals surface area contributed by atoms with Crippen LogP contribution in [0.1, 0.15) is 32.6 Å². The number of alkyl halides is 1. The Morgan fingerprint density at radius 2 is 2.12 bits per heavy atom. The van der Waals surface area contributed by atoms with Gasteiger partial charge in [-0.2, -0.15) is 0 Å². The molecule has 0 aromatic rings. The average molecular weight is 229 g/mol. The Balaban J connectivity index is 1.58. The first-order valence-corrected chi connectivity index (χ1v) is 6.72. The van der Waals surface area contributed by atoms with E-state index in [4.69, 9.17) is 4.74 Å². The van der Waals surface area contributed by atoms with E-state index in [-0.39, 0.29) is 0 Å². The van der Waals surface area contributed by atoms with Gasteiger partial charge >= 0.3 is 0 Å². The van der Waals surface area contributed by atoms with Crippen molar-refractivity contribution in [2.45, 2.75) is 38.8 Å². The van der Waals surface area contributed by atoms with E-state index in [1.165, 1.54) is 12.8 Å². The van der Waals surface area contributed by atoms with Crippen molar-refractivity contribution in [3.05, 3.63) is 0 Å². The normalized spacial score (nSPS) is 36.0. The third-order valence-electron chi connectivity index (χ3n) is 3.86. The Kier molecular flexibility index (Phi) is 4.59. The Bertz CT molecular complexity index is 206. The summed E-state index contributed by atoms with van der Waals surface area (Å²) in [6, 6.07) is 0. The Hall–Kier alpha value is -0.150. The van der Waals surface area contributed by atoms with Gasteiger partial charge in [0.15, 0.2) is 0 Å². The number of halogens is 1. The fraction of sp³-hybridized carbons (Fsp3) is 1.00. The van der Waals surface area contributed by atoms with Crippen molar-refractivity contribution < 1.29 is 9.13 Å². The second-order valence-corrected chi connectivity index (χ2v) is 5.36. The van der Waals surface area contributed by atoms with Crippen LogP contribution < -0.4 is 0 Å². The lowest BCUT2D eigenvalue weighted by atomic mass is 9.75. The zero-order valence-corrected chi connectivity index (χ0v) is 10.3. The molecular formula is C13H24FNO. The van der Waals surface area contributed by atoms with Gasteiger partial charge in [0.1, 0.15) is 6.17 Å². The molecule has 2 fully saturated rings. The minimum atomic E-state index is -0.576. The van der Waals surface area contributed by atoms with E-state index in [0.29, 0.717) is 6.54 Å². The van der Waals surface area contributed by atoms with Gasteiger partial charge in [0.25, 0.3) is 0 Å². The summed E-state index contributed by atoms with van der Waals surface area (Å²) in [5, 5.41) is 0. The monoisotopic (exact) mass is 229 g/mol. The van der Waals surface area contributed by atoms with Crippen LogP contribution in [-0.4, -0.2) is 43.9 Å². The lowest BCUT2D eigenvalue weighted by molar-refractivity contribution is 0.0269. The Labute approximate surface area is 98.1 Å². The van der Waals surface area contributed by atoms with Crippen LogP contribution >= 0.6 is 0 Å². The molecule has 2 rings (SSSR count). The molecule has 1 heterocycles. The van der Waals surface area contributed by atoms with Crippen molar-refractivity contribution in [1.82, 2.24) is 4.90 Å². The Morgan fingerprint density at radius 3 is 2.81 bits per heavy atom. The van der Waals surface area contributed by atoms with Crippen LogP contribution in [0.2, 0.25) is 0 Å². The topological polar surface area (TPSA) is 12.5 Å². The summed E-state index contributed by atoms with van der Waals surface area (Å²) in [7, 11) is 0. The average Bonchev–Trinajstić information content (AvgIpc) is 2.21. The van der Waals surface area contributed by atoms with Gasteiger partial charge in [-0.3, -0.25) is 0 Å². The third-order valence-corrected chi connectivity index (χ3v) is 3.86. The number of nitrogens with zero attached hydrogens (tertiary/aromatic N) is 1. The van der Waals surface area contributed by atoms with Crippen LogP contribution in [0.4, 0.5) is 4.39 Å². The number of ether oxygens (including phenoxy) is 1. The van der Waals surface area contributed by atoms with Crippen molar-refractivity contribution in [3.63, 3.8) is 0 Å². The maximum Gasteiger partial charge on any atom is 0.113 e. The Morgan fingerprint density at radius 1 is 1.31 bits per heavy atom. The van der Waals surface area contributed by atoms with Gasteiger partial charge in [0.05, 0.1) is 0 Å². The molecule has 2 nitrogen and oxygen atoms in total. The molecule has 0 aromatic carbocycles. The highest BCUT2D eigenvalue weighted by Crippen LogP contribution is 2.34. The van der Waals surface area contributed by atoms with Crippen molar-refractivity contribution in [3.8, 4) is 0 Å². The molecule has 2 aliphatic rings. The van der Waals surface area contributed by atoms with Gasteiger partial charge in [-0.25, -0.2) is 4.39 Å². The molecule has 0 radical (unpaired) electrons. The fourth-order valence-corrected chi connectivity index (χ4v) is 2.97. The van der Waals surface area contributed by atoms with E-state index in [2.05, 4.69) is 4.90 Å². The van der Waals surface area contributed by atoms with Gasteiger partial charge < -0.3 is 9.64 Å². The molecule has 0 bridgehead atoms. The van der Waals surface area contributed by atoms with Gasteiger partial charge in [0.2, 0.25) is 0 Å². The van der Waals surface area contributed by atoms with Gasteiger partial charge in [-0.1, -0.05) is 0 Å². The molecule has 1 atom stereocenters. The molecule has 1 saturated heterocycles. The highest BCUT2D eigenvalue weighted by atomic mass is 19.1. The summed E-state index contributed by atoms with van der Waals surface area (Å²) >= 11 is 0. The standard InChI is InChI=1S/C13H24FNO/c1-2-16-10-12-6-11(7-12)8-15-5-3-4-13(14)9-15/h11-13H,2-10H2,1H3. The third kappa shape index (κ3) is 3.42. The van der Waals surface area contributed by atoms with E-state index >= 15 is 0 Å². The molecule has 1 aliphatic heterocycles. The molecule has 0 amide bonds. The van der Waals surface area contributed by atoms with E-state index < -0.39 is 6.17 Å². The van der Waals surface area contributed by atoms with Gasteiger partial charge in [-0.05, 0) is 51.0 Å². The largest absolute Gasteiger partial charge is 0.381 e. The maximum atomic E-state index is 13.2. The molecule has 3 heteroatoms. The van der Waals surface area contributed by atoms with Crippen LogP contribution in [0.5, 0.6) is 0 Å². The van der Waals surface area contributed by atoms with Crippen LogP contribution in [0.3, 0.4) is 0 Å². The molecular weight excluding hydrogens is 205 g/mol. The van der Waals surface area contributed by atoms with Crippen LogP contribution in [0, 0.1) is 11.8 Å². The van der Waals surface area contributed by atoms with Gasteiger partial charge in [0, 0.05) is 26.3 Å². The first kappa shape index (κ1) is 12.3. The van der Waals surface area contributed by atoms with E-state index in [9.17, 15) is 4.39 Å². The number of likely N-dealkylation sites (tertiary alicyclic amines) is 1. The molecule has 0 spiro atoms. The molecule has 0 N–H and O–H groups in total. The predicted molar refractivity (Wildman–Crippen MR) is 63.3 cm³/mol. The van der Waals surface area contributed by atoms with Gasteiger partial charge in [-0.15, -0.1) is 0 Å². The first-order valence-electron chi connectivity index (χ1n) is 6.72. The zero-order chi connectivity index (χ0) is 11.4. The molecule has 1 unspecified atom stereocenters. The van der Waals surface area contributed by atoms with E-state index in [1.807, 2.05) is 6.92 Å². The number of piperidine rings is 1. The van der Waals surface area contributed by atoms with Crippen LogP contribution in [0.25, 0.3) is 0 Å². The molecule has 1 saturated carbocycles. The number of hydrogen-bond acceptors (Lipinski definition) is 2. The van der Waals surface area contributed by atoms with Crippen molar-refractivity contribution in [2.24, 2.45) is 11.8 Å².